The Hall–Kier alpha value is -2.25. The summed E-state index contributed by atoms with van der Waals surface area (Å²) in [6, 6.07) is 11.6. The summed E-state index contributed by atoms with van der Waals surface area (Å²) in [5.74, 6) is 1.69. The van der Waals surface area contributed by atoms with E-state index in [1.165, 1.54) is 0 Å². The normalized spacial score (nSPS) is 11.2. The van der Waals surface area contributed by atoms with E-state index in [-0.39, 0.29) is 30.9 Å². The summed E-state index contributed by atoms with van der Waals surface area (Å²) in [4.78, 5) is 0. The third kappa shape index (κ3) is 5.03. The van der Waals surface area contributed by atoms with Gasteiger partial charge in [0, 0.05) is 18.3 Å². The summed E-state index contributed by atoms with van der Waals surface area (Å²) in [5, 5.41) is 4.74. The largest absolute Gasteiger partial charge is 0.496 e. The molecule has 8 heteroatoms. The van der Waals surface area contributed by atoms with Crippen LogP contribution in [0.15, 0.2) is 42.6 Å². The van der Waals surface area contributed by atoms with E-state index in [0.29, 0.717) is 6.54 Å². The SMILES string of the molecule is COc1ccc(-c2cn(-c3ccc(OC)c(C)c3)nc2C(N)CN)cc1C.Cl.Cl. The van der Waals surface area contributed by atoms with Crippen molar-refractivity contribution in [2.24, 2.45) is 11.5 Å². The quantitative estimate of drug-likeness (QED) is 0.607. The first-order valence-electron chi connectivity index (χ1n) is 8.83. The van der Waals surface area contributed by atoms with Crippen molar-refractivity contribution < 1.29 is 9.47 Å². The summed E-state index contributed by atoms with van der Waals surface area (Å²) < 4.78 is 12.6. The molecular weight excluding hydrogens is 411 g/mol. The zero-order chi connectivity index (χ0) is 19.6. The predicted octanol–water partition coefficient (Wildman–Crippen LogP) is 3.98. The van der Waals surface area contributed by atoms with Crippen LogP contribution in [0.25, 0.3) is 16.8 Å². The van der Waals surface area contributed by atoms with Crippen molar-refractivity contribution in [3.05, 3.63) is 59.4 Å². The molecule has 0 spiro atoms. The molecule has 0 amide bonds. The van der Waals surface area contributed by atoms with Crippen molar-refractivity contribution in [1.82, 2.24) is 9.78 Å². The molecular formula is C21H28Cl2N4O2. The number of benzene rings is 2. The Labute approximate surface area is 184 Å². The molecule has 1 aromatic heterocycles. The number of nitrogens with zero attached hydrogens (tertiary/aromatic N) is 2. The standard InChI is InChI=1S/C21H26N4O2.2ClH/c1-13-9-15(5-7-19(13)26-3)17-12-25(24-21(17)18(23)11-22)16-6-8-20(27-4)14(2)10-16;;/h5-10,12,18H,11,22-23H2,1-4H3;2*1H. The molecule has 0 aliphatic heterocycles. The van der Waals surface area contributed by atoms with Crippen LogP contribution in [0, 0.1) is 13.8 Å². The minimum Gasteiger partial charge on any atom is -0.496 e. The molecule has 0 aliphatic rings. The molecule has 6 nitrogen and oxygen atoms in total. The fourth-order valence-corrected chi connectivity index (χ4v) is 3.18. The van der Waals surface area contributed by atoms with Crippen molar-refractivity contribution in [2.75, 3.05) is 20.8 Å². The maximum absolute atomic E-state index is 6.25. The van der Waals surface area contributed by atoms with Crippen LogP contribution in [0.1, 0.15) is 22.9 Å². The highest BCUT2D eigenvalue weighted by Crippen LogP contribution is 2.31. The van der Waals surface area contributed by atoms with E-state index < -0.39 is 0 Å². The third-order valence-electron chi connectivity index (χ3n) is 4.70. The first kappa shape index (κ1) is 24.8. The zero-order valence-corrected chi connectivity index (χ0v) is 18.6. The Balaban J connectivity index is 0.00000210. The van der Waals surface area contributed by atoms with E-state index in [1.54, 1.807) is 14.2 Å². The van der Waals surface area contributed by atoms with E-state index in [4.69, 9.17) is 26.0 Å². The lowest BCUT2D eigenvalue weighted by molar-refractivity contribution is 0.411. The molecule has 3 aromatic rings. The smallest absolute Gasteiger partial charge is 0.121 e. The lowest BCUT2D eigenvalue weighted by Gasteiger charge is -2.10. The number of rotatable bonds is 6. The molecule has 4 N–H and O–H groups in total. The van der Waals surface area contributed by atoms with Crippen molar-refractivity contribution >= 4 is 24.8 Å². The highest BCUT2D eigenvalue weighted by molar-refractivity contribution is 5.85. The van der Waals surface area contributed by atoms with E-state index in [9.17, 15) is 0 Å². The van der Waals surface area contributed by atoms with Crippen LogP contribution in [0.3, 0.4) is 0 Å². The lowest BCUT2D eigenvalue weighted by atomic mass is 10.0. The molecule has 0 saturated carbocycles. The van der Waals surface area contributed by atoms with Crippen LogP contribution in [0.4, 0.5) is 0 Å². The van der Waals surface area contributed by atoms with Crippen LogP contribution >= 0.6 is 24.8 Å². The van der Waals surface area contributed by atoms with Crippen LogP contribution in [0.2, 0.25) is 0 Å². The van der Waals surface area contributed by atoms with Gasteiger partial charge in [0.15, 0.2) is 0 Å². The molecule has 0 fully saturated rings. The van der Waals surface area contributed by atoms with Gasteiger partial charge in [0.2, 0.25) is 0 Å². The van der Waals surface area contributed by atoms with E-state index in [1.807, 2.05) is 55.1 Å². The van der Waals surface area contributed by atoms with Gasteiger partial charge in [0.25, 0.3) is 0 Å². The average molecular weight is 439 g/mol. The molecule has 1 atom stereocenters. The number of aryl methyl sites for hydroxylation is 2. The number of ether oxygens (including phenoxy) is 2. The van der Waals surface area contributed by atoms with Crippen molar-refractivity contribution in [1.29, 1.82) is 0 Å². The fourth-order valence-electron chi connectivity index (χ4n) is 3.18. The minimum atomic E-state index is -0.344. The monoisotopic (exact) mass is 438 g/mol. The molecule has 1 unspecified atom stereocenters. The van der Waals surface area contributed by atoms with Gasteiger partial charge in [-0.1, -0.05) is 6.07 Å². The van der Waals surface area contributed by atoms with Crippen molar-refractivity contribution in [3.63, 3.8) is 0 Å². The first-order valence-corrected chi connectivity index (χ1v) is 8.83. The molecule has 1 heterocycles. The van der Waals surface area contributed by atoms with Gasteiger partial charge in [-0.15, -0.1) is 24.8 Å². The number of methoxy groups -OCH3 is 2. The highest BCUT2D eigenvalue weighted by Gasteiger charge is 2.18. The second-order valence-corrected chi connectivity index (χ2v) is 6.55. The second kappa shape index (κ2) is 10.5. The fraction of sp³-hybridized carbons (Fsp3) is 0.286. The van der Waals surface area contributed by atoms with E-state index in [2.05, 4.69) is 6.07 Å². The van der Waals surface area contributed by atoms with Crippen LogP contribution in [-0.4, -0.2) is 30.5 Å². The van der Waals surface area contributed by atoms with Gasteiger partial charge in [0.1, 0.15) is 11.5 Å². The second-order valence-electron chi connectivity index (χ2n) is 6.55. The molecule has 0 radical (unpaired) electrons. The van der Waals surface area contributed by atoms with Crippen molar-refractivity contribution in [2.45, 2.75) is 19.9 Å². The van der Waals surface area contributed by atoms with Crippen molar-refractivity contribution in [3.8, 4) is 28.3 Å². The third-order valence-corrected chi connectivity index (χ3v) is 4.70. The van der Waals surface area contributed by atoms with Gasteiger partial charge in [-0.2, -0.15) is 5.10 Å². The summed E-state index contributed by atoms with van der Waals surface area (Å²) in [6.45, 7) is 4.34. The Morgan fingerprint density at radius 2 is 1.55 bits per heavy atom. The molecule has 0 bridgehead atoms. The molecule has 29 heavy (non-hydrogen) atoms. The molecule has 3 rings (SSSR count). The Kier molecular flexibility index (Phi) is 8.98. The van der Waals surface area contributed by atoms with Crippen LogP contribution in [-0.2, 0) is 0 Å². The molecule has 2 aromatic carbocycles. The number of aromatic nitrogens is 2. The Morgan fingerprint density at radius 3 is 2.07 bits per heavy atom. The summed E-state index contributed by atoms with van der Waals surface area (Å²) in [5.41, 5.74) is 17.9. The van der Waals surface area contributed by atoms with Gasteiger partial charge in [0.05, 0.1) is 31.6 Å². The van der Waals surface area contributed by atoms with Crippen LogP contribution < -0.4 is 20.9 Å². The average Bonchev–Trinajstić information content (AvgIpc) is 3.12. The topological polar surface area (TPSA) is 88.3 Å². The summed E-state index contributed by atoms with van der Waals surface area (Å²) >= 11 is 0. The van der Waals surface area contributed by atoms with Crippen LogP contribution in [0.5, 0.6) is 11.5 Å². The number of halogens is 2. The molecule has 158 valence electrons. The van der Waals surface area contributed by atoms with Gasteiger partial charge in [-0.25, -0.2) is 4.68 Å². The molecule has 0 aliphatic carbocycles. The Morgan fingerprint density at radius 1 is 0.966 bits per heavy atom. The number of nitrogens with two attached hydrogens (primary N) is 2. The number of hydrogen-bond acceptors (Lipinski definition) is 5. The first-order chi connectivity index (χ1) is 13.0. The molecule has 0 saturated heterocycles. The minimum absolute atomic E-state index is 0. The van der Waals surface area contributed by atoms with Gasteiger partial charge < -0.3 is 20.9 Å². The Bertz CT molecular complexity index is 960. The predicted molar refractivity (Wildman–Crippen MR) is 122 cm³/mol. The number of hydrogen-bond donors (Lipinski definition) is 2. The van der Waals surface area contributed by atoms with Gasteiger partial charge in [-0.05, 0) is 60.9 Å². The lowest BCUT2D eigenvalue weighted by Crippen LogP contribution is -2.22. The maximum Gasteiger partial charge on any atom is 0.121 e. The summed E-state index contributed by atoms with van der Waals surface area (Å²) in [7, 11) is 3.33. The maximum atomic E-state index is 6.25. The highest BCUT2D eigenvalue weighted by atomic mass is 35.5. The summed E-state index contributed by atoms with van der Waals surface area (Å²) in [6.07, 6.45) is 1.99. The van der Waals surface area contributed by atoms with Gasteiger partial charge >= 0.3 is 0 Å². The van der Waals surface area contributed by atoms with Gasteiger partial charge in [-0.3, -0.25) is 0 Å². The van der Waals surface area contributed by atoms with E-state index in [0.717, 1.165) is 45.1 Å². The zero-order valence-electron chi connectivity index (χ0n) is 17.0. The van der Waals surface area contributed by atoms with E-state index >= 15 is 0 Å².